The van der Waals surface area contributed by atoms with Crippen molar-refractivity contribution in [2.24, 2.45) is 0 Å². The zero-order valence-corrected chi connectivity index (χ0v) is 11.3. The first kappa shape index (κ1) is 13.7. The van der Waals surface area contributed by atoms with Gasteiger partial charge in [-0.05, 0) is 39.8 Å². The molecule has 1 aromatic rings. The number of carbonyl (C=O) groups excluding carboxylic acids is 2. The van der Waals surface area contributed by atoms with Crippen molar-refractivity contribution < 1.29 is 14.3 Å². The van der Waals surface area contributed by atoms with Gasteiger partial charge in [-0.15, -0.1) is 11.3 Å². The summed E-state index contributed by atoms with van der Waals surface area (Å²) in [5.74, 6) is 0.0403. The summed E-state index contributed by atoms with van der Waals surface area (Å²) < 4.78 is 5.10. The molecule has 1 heterocycles. The molecule has 1 aromatic heterocycles. The first-order valence-corrected chi connectivity index (χ1v) is 6.16. The summed E-state index contributed by atoms with van der Waals surface area (Å²) in [6.45, 7) is 7.34. The summed E-state index contributed by atoms with van der Waals surface area (Å²) in [6, 6.07) is 3.60. The van der Waals surface area contributed by atoms with E-state index in [0.717, 1.165) is 4.88 Å². The van der Waals surface area contributed by atoms with Crippen molar-refractivity contribution in [3.63, 3.8) is 0 Å². The number of rotatable bonds is 3. The average molecular weight is 255 g/mol. The average Bonchev–Trinajstić information content (AvgIpc) is 2.60. The van der Waals surface area contributed by atoms with Crippen LogP contribution in [0.2, 0.25) is 0 Å². The predicted octanol–water partition coefficient (Wildman–Crippen LogP) is 2.98. The summed E-state index contributed by atoms with van der Waals surface area (Å²) in [6.07, 6.45) is -0.449. The first-order valence-electron chi connectivity index (χ1n) is 5.34. The highest BCUT2D eigenvalue weighted by molar-refractivity contribution is 7.14. The van der Waals surface area contributed by atoms with Crippen molar-refractivity contribution in [3.8, 4) is 0 Å². The molecule has 0 fully saturated rings. The van der Waals surface area contributed by atoms with Crippen LogP contribution in [0, 0.1) is 0 Å². The van der Waals surface area contributed by atoms with Crippen molar-refractivity contribution in [2.75, 3.05) is 0 Å². The third kappa shape index (κ3) is 4.99. The number of hydrogen-bond donors (Lipinski definition) is 1. The van der Waals surface area contributed by atoms with Crippen LogP contribution in [0.5, 0.6) is 0 Å². The maximum absolute atomic E-state index is 11.4. The normalized spacial score (nSPS) is 11.1. The number of ketones is 1. The lowest BCUT2D eigenvalue weighted by Gasteiger charge is -2.19. The monoisotopic (exact) mass is 255 g/mol. The lowest BCUT2D eigenvalue weighted by Crippen LogP contribution is -2.31. The molecule has 0 saturated carbocycles. The summed E-state index contributed by atoms with van der Waals surface area (Å²) in [4.78, 5) is 24.1. The minimum Gasteiger partial charge on any atom is -0.444 e. The van der Waals surface area contributed by atoms with Crippen LogP contribution in [0.15, 0.2) is 12.1 Å². The maximum Gasteiger partial charge on any atom is 0.407 e. The topological polar surface area (TPSA) is 55.4 Å². The van der Waals surface area contributed by atoms with Gasteiger partial charge in [0, 0.05) is 4.88 Å². The Bertz CT molecular complexity index is 418. The van der Waals surface area contributed by atoms with Crippen molar-refractivity contribution in [1.29, 1.82) is 0 Å². The number of Topliss-reactive ketones (excluding diaryl/α,β-unsaturated/α-hetero) is 1. The number of amides is 1. The Morgan fingerprint density at radius 2 is 2.00 bits per heavy atom. The van der Waals surface area contributed by atoms with Gasteiger partial charge in [0.25, 0.3) is 0 Å². The molecule has 0 aromatic carbocycles. The molecule has 5 heteroatoms. The van der Waals surface area contributed by atoms with E-state index in [0.29, 0.717) is 11.4 Å². The van der Waals surface area contributed by atoms with Crippen LogP contribution in [0.1, 0.15) is 42.2 Å². The van der Waals surface area contributed by atoms with E-state index in [4.69, 9.17) is 4.74 Å². The molecule has 0 bridgehead atoms. The number of ether oxygens (including phenoxy) is 1. The van der Waals surface area contributed by atoms with Crippen molar-refractivity contribution >= 4 is 23.2 Å². The molecule has 1 amide bonds. The van der Waals surface area contributed by atoms with E-state index in [1.54, 1.807) is 6.07 Å². The molecule has 0 aliphatic carbocycles. The zero-order valence-electron chi connectivity index (χ0n) is 10.5. The molecule has 94 valence electrons. The summed E-state index contributed by atoms with van der Waals surface area (Å²) >= 11 is 1.38. The highest BCUT2D eigenvalue weighted by atomic mass is 32.1. The molecule has 0 aliphatic heterocycles. The fourth-order valence-electron chi connectivity index (χ4n) is 1.14. The van der Waals surface area contributed by atoms with Gasteiger partial charge >= 0.3 is 6.09 Å². The summed E-state index contributed by atoms with van der Waals surface area (Å²) in [5, 5.41) is 2.65. The van der Waals surface area contributed by atoms with Gasteiger partial charge in [-0.2, -0.15) is 0 Å². The van der Waals surface area contributed by atoms with Crippen LogP contribution < -0.4 is 5.32 Å². The molecule has 17 heavy (non-hydrogen) atoms. The molecule has 0 spiro atoms. The van der Waals surface area contributed by atoms with Gasteiger partial charge in [0.1, 0.15) is 5.60 Å². The largest absolute Gasteiger partial charge is 0.444 e. The Balaban J connectivity index is 2.45. The van der Waals surface area contributed by atoms with Gasteiger partial charge in [-0.25, -0.2) is 4.79 Å². The van der Waals surface area contributed by atoms with E-state index in [2.05, 4.69) is 5.32 Å². The van der Waals surface area contributed by atoms with Crippen LogP contribution in [0.25, 0.3) is 0 Å². The van der Waals surface area contributed by atoms with Crippen LogP contribution in [-0.2, 0) is 11.3 Å². The maximum atomic E-state index is 11.4. The summed E-state index contributed by atoms with van der Waals surface area (Å²) in [5.41, 5.74) is -0.496. The van der Waals surface area contributed by atoms with E-state index in [1.807, 2.05) is 26.8 Å². The molecular weight excluding hydrogens is 238 g/mol. The lowest BCUT2D eigenvalue weighted by molar-refractivity contribution is 0.0524. The zero-order chi connectivity index (χ0) is 13.1. The number of hydrogen-bond acceptors (Lipinski definition) is 4. The second kappa shape index (κ2) is 5.31. The van der Waals surface area contributed by atoms with Crippen molar-refractivity contribution in [3.05, 3.63) is 21.9 Å². The van der Waals surface area contributed by atoms with Gasteiger partial charge in [-0.1, -0.05) is 0 Å². The molecule has 0 atom stereocenters. The number of nitrogens with one attached hydrogen (secondary N) is 1. The lowest BCUT2D eigenvalue weighted by atomic mass is 10.2. The van der Waals surface area contributed by atoms with E-state index in [9.17, 15) is 9.59 Å². The minimum absolute atomic E-state index is 0.0403. The van der Waals surface area contributed by atoms with Crippen molar-refractivity contribution in [2.45, 2.75) is 39.8 Å². The Hall–Kier alpha value is -1.36. The molecule has 1 N–H and O–H groups in total. The molecule has 0 radical (unpaired) electrons. The molecule has 1 rings (SSSR count). The predicted molar refractivity (Wildman–Crippen MR) is 67.4 cm³/mol. The van der Waals surface area contributed by atoms with E-state index in [1.165, 1.54) is 18.3 Å². The Morgan fingerprint density at radius 3 is 2.47 bits per heavy atom. The second-order valence-electron chi connectivity index (χ2n) is 4.68. The third-order valence-electron chi connectivity index (χ3n) is 1.81. The molecular formula is C12H17NO3S. The van der Waals surface area contributed by atoms with E-state index < -0.39 is 11.7 Å². The van der Waals surface area contributed by atoms with Gasteiger partial charge in [-0.3, -0.25) is 4.79 Å². The van der Waals surface area contributed by atoms with Crippen molar-refractivity contribution in [1.82, 2.24) is 5.32 Å². The van der Waals surface area contributed by atoms with Crippen LogP contribution >= 0.6 is 11.3 Å². The molecule has 0 aliphatic rings. The van der Waals surface area contributed by atoms with E-state index in [-0.39, 0.29) is 5.78 Å². The van der Waals surface area contributed by atoms with Gasteiger partial charge in [0.15, 0.2) is 5.78 Å². The number of carbonyl (C=O) groups is 2. The van der Waals surface area contributed by atoms with E-state index >= 15 is 0 Å². The third-order valence-corrected chi connectivity index (χ3v) is 3.00. The van der Waals surface area contributed by atoms with Gasteiger partial charge < -0.3 is 10.1 Å². The van der Waals surface area contributed by atoms with Crippen LogP contribution in [-0.4, -0.2) is 17.5 Å². The quantitative estimate of drug-likeness (QED) is 0.845. The standard InChI is InChI=1S/C12H17NO3S/c1-8(14)10-6-5-9(17-10)7-13-11(15)16-12(2,3)4/h5-6H,7H2,1-4H3,(H,13,15). The molecule has 0 saturated heterocycles. The highest BCUT2D eigenvalue weighted by Crippen LogP contribution is 2.16. The Labute approximate surface area is 105 Å². The van der Waals surface area contributed by atoms with Gasteiger partial charge in [0.2, 0.25) is 0 Å². The number of alkyl carbamates (subject to hydrolysis) is 1. The summed E-state index contributed by atoms with van der Waals surface area (Å²) in [7, 11) is 0. The Kier molecular flexibility index (Phi) is 4.28. The Morgan fingerprint density at radius 1 is 1.35 bits per heavy atom. The first-order chi connectivity index (χ1) is 7.78. The number of thiophene rings is 1. The molecule has 4 nitrogen and oxygen atoms in total. The molecule has 0 unspecified atom stereocenters. The highest BCUT2D eigenvalue weighted by Gasteiger charge is 2.15. The SMILES string of the molecule is CC(=O)c1ccc(CNC(=O)OC(C)(C)C)s1. The smallest absolute Gasteiger partial charge is 0.407 e. The van der Waals surface area contributed by atoms with Crippen LogP contribution in [0.4, 0.5) is 4.79 Å². The minimum atomic E-state index is -0.496. The van der Waals surface area contributed by atoms with Gasteiger partial charge in [0.05, 0.1) is 11.4 Å². The fourth-order valence-corrected chi connectivity index (χ4v) is 1.98. The van der Waals surface area contributed by atoms with Crippen LogP contribution in [0.3, 0.4) is 0 Å². The second-order valence-corrected chi connectivity index (χ2v) is 5.85. The fraction of sp³-hybridized carbons (Fsp3) is 0.500.